The zero-order valence-corrected chi connectivity index (χ0v) is 12.0. The predicted molar refractivity (Wildman–Crippen MR) is 74.9 cm³/mol. The minimum Gasteiger partial charge on any atom is -0.238 e. The van der Waals surface area contributed by atoms with Crippen LogP contribution in [-0.2, 0) is 10.0 Å². The molecule has 0 saturated heterocycles. The van der Waals surface area contributed by atoms with Gasteiger partial charge in [0.2, 0.25) is 0 Å². The van der Waals surface area contributed by atoms with Crippen molar-refractivity contribution in [3.8, 4) is 0 Å². The summed E-state index contributed by atoms with van der Waals surface area (Å²) in [7, 11) is -3.66. The molecule has 0 N–H and O–H groups in total. The SMILES string of the molecule is CC1=CC(C)=C(Cl)S(=O)(=O)N1c1ccc(C)cc1. The van der Waals surface area contributed by atoms with Crippen LogP contribution in [0.5, 0.6) is 0 Å². The summed E-state index contributed by atoms with van der Waals surface area (Å²) in [6, 6.07) is 7.29. The van der Waals surface area contributed by atoms with Gasteiger partial charge in [-0.05, 0) is 44.6 Å². The van der Waals surface area contributed by atoms with Crippen molar-refractivity contribution in [2.45, 2.75) is 20.8 Å². The highest BCUT2D eigenvalue weighted by Gasteiger charge is 2.32. The summed E-state index contributed by atoms with van der Waals surface area (Å²) in [6.45, 7) is 5.40. The largest absolute Gasteiger partial charge is 0.279 e. The fraction of sp³-hybridized carbons (Fsp3) is 0.231. The Bertz CT molecular complexity index is 642. The minimum atomic E-state index is -3.66. The van der Waals surface area contributed by atoms with Gasteiger partial charge in [-0.2, -0.15) is 8.42 Å². The summed E-state index contributed by atoms with van der Waals surface area (Å²) in [4.78, 5) is 0. The van der Waals surface area contributed by atoms with Crippen LogP contribution in [-0.4, -0.2) is 8.42 Å². The second kappa shape index (κ2) is 4.44. The van der Waals surface area contributed by atoms with Gasteiger partial charge in [0, 0.05) is 5.70 Å². The molecular formula is C13H14ClNO2S. The average Bonchev–Trinajstić information content (AvgIpc) is 2.29. The van der Waals surface area contributed by atoms with Crippen LogP contribution in [0.4, 0.5) is 5.69 Å². The Labute approximate surface area is 112 Å². The number of anilines is 1. The monoisotopic (exact) mass is 283 g/mol. The molecule has 1 heterocycles. The molecule has 0 saturated carbocycles. The normalized spacial score (nSPS) is 18.9. The number of benzene rings is 1. The van der Waals surface area contributed by atoms with Gasteiger partial charge < -0.3 is 0 Å². The first-order valence-corrected chi connectivity index (χ1v) is 7.32. The molecule has 18 heavy (non-hydrogen) atoms. The van der Waals surface area contributed by atoms with Crippen LogP contribution in [0.2, 0.25) is 0 Å². The Kier molecular flexibility index (Phi) is 3.25. The number of aryl methyl sites for hydroxylation is 1. The Morgan fingerprint density at radius 3 is 2.17 bits per heavy atom. The van der Waals surface area contributed by atoms with E-state index in [9.17, 15) is 8.42 Å². The van der Waals surface area contributed by atoms with Crippen LogP contribution in [0.3, 0.4) is 0 Å². The zero-order chi connectivity index (χ0) is 13.5. The van der Waals surface area contributed by atoms with E-state index in [-0.39, 0.29) is 4.36 Å². The van der Waals surface area contributed by atoms with Gasteiger partial charge in [-0.1, -0.05) is 29.3 Å². The van der Waals surface area contributed by atoms with Gasteiger partial charge in [-0.15, -0.1) is 0 Å². The Hall–Kier alpha value is -1.26. The molecule has 0 radical (unpaired) electrons. The van der Waals surface area contributed by atoms with Crippen molar-refractivity contribution in [1.29, 1.82) is 0 Å². The summed E-state index contributed by atoms with van der Waals surface area (Å²) in [5, 5.41) is 0. The quantitative estimate of drug-likeness (QED) is 0.791. The van der Waals surface area contributed by atoms with E-state index in [0.717, 1.165) is 5.56 Å². The third-order valence-electron chi connectivity index (χ3n) is 2.79. The van der Waals surface area contributed by atoms with Crippen LogP contribution < -0.4 is 4.31 Å². The molecule has 0 aromatic heterocycles. The second-order valence-electron chi connectivity index (χ2n) is 4.35. The Morgan fingerprint density at radius 1 is 1.06 bits per heavy atom. The van der Waals surface area contributed by atoms with E-state index < -0.39 is 10.0 Å². The maximum Gasteiger partial charge on any atom is 0.279 e. The van der Waals surface area contributed by atoms with Crippen LogP contribution >= 0.6 is 11.6 Å². The lowest BCUT2D eigenvalue weighted by molar-refractivity contribution is 0.601. The van der Waals surface area contributed by atoms with E-state index in [0.29, 0.717) is 17.0 Å². The van der Waals surface area contributed by atoms with E-state index in [1.165, 1.54) is 4.31 Å². The van der Waals surface area contributed by atoms with E-state index in [4.69, 9.17) is 11.6 Å². The fourth-order valence-corrected chi connectivity index (χ4v) is 3.64. The van der Waals surface area contributed by atoms with E-state index >= 15 is 0 Å². The third-order valence-corrected chi connectivity index (χ3v) is 5.43. The molecule has 0 atom stereocenters. The van der Waals surface area contributed by atoms with Crippen molar-refractivity contribution in [1.82, 2.24) is 0 Å². The third kappa shape index (κ3) is 2.06. The van der Waals surface area contributed by atoms with Gasteiger partial charge in [0.15, 0.2) is 4.36 Å². The van der Waals surface area contributed by atoms with Crippen molar-refractivity contribution in [3.05, 3.63) is 51.5 Å². The molecule has 0 unspecified atom stereocenters. The minimum absolute atomic E-state index is 0.117. The Morgan fingerprint density at radius 2 is 1.61 bits per heavy atom. The lowest BCUT2D eigenvalue weighted by Crippen LogP contribution is -2.31. The fourth-order valence-electron chi connectivity index (χ4n) is 1.92. The summed E-state index contributed by atoms with van der Waals surface area (Å²) >= 11 is 5.91. The van der Waals surface area contributed by atoms with Gasteiger partial charge in [-0.3, -0.25) is 0 Å². The standard InChI is InChI=1S/C13H14ClNO2S/c1-9-4-6-12(7-5-9)15-11(3)8-10(2)13(14)18(15,16)17/h4-8H,1-3H3. The molecule has 0 amide bonds. The molecule has 1 aromatic carbocycles. The summed E-state index contributed by atoms with van der Waals surface area (Å²) in [6.07, 6.45) is 1.77. The molecule has 0 bridgehead atoms. The molecular weight excluding hydrogens is 270 g/mol. The lowest BCUT2D eigenvalue weighted by Gasteiger charge is -2.28. The Balaban J connectivity index is 2.59. The van der Waals surface area contributed by atoms with Gasteiger partial charge in [0.25, 0.3) is 10.0 Å². The highest BCUT2D eigenvalue weighted by atomic mass is 35.5. The topological polar surface area (TPSA) is 37.4 Å². The predicted octanol–water partition coefficient (Wildman–Crippen LogP) is 3.52. The number of rotatable bonds is 1. The summed E-state index contributed by atoms with van der Waals surface area (Å²) in [5.74, 6) is 0. The molecule has 2 rings (SSSR count). The van der Waals surface area contributed by atoms with Crippen molar-refractivity contribution in [2.75, 3.05) is 4.31 Å². The van der Waals surface area contributed by atoms with Crippen LogP contribution in [0, 0.1) is 6.92 Å². The number of nitrogens with zero attached hydrogens (tertiary/aromatic N) is 1. The number of sulfonamides is 1. The lowest BCUT2D eigenvalue weighted by atomic mass is 10.2. The first-order valence-electron chi connectivity index (χ1n) is 5.50. The van der Waals surface area contributed by atoms with E-state index in [2.05, 4.69) is 0 Å². The molecule has 1 aromatic rings. The average molecular weight is 284 g/mol. The van der Waals surface area contributed by atoms with Crippen molar-refractivity contribution >= 4 is 27.3 Å². The molecule has 0 aliphatic carbocycles. The van der Waals surface area contributed by atoms with Crippen molar-refractivity contribution < 1.29 is 8.42 Å². The molecule has 5 heteroatoms. The zero-order valence-electron chi connectivity index (χ0n) is 10.4. The number of allylic oxidation sites excluding steroid dienone is 3. The smallest absolute Gasteiger partial charge is 0.238 e. The van der Waals surface area contributed by atoms with E-state index in [1.54, 1.807) is 32.1 Å². The maximum absolute atomic E-state index is 12.3. The first-order chi connectivity index (χ1) is 8.34. The van der Waals surface area contributed by atoms with Crippen LogP contribution in [0.1, 0.15) is 19.4 Å². The molecule has 1 aliphatic rings. The highest BCUT2D eigenvalue weighted by molar-refractivity contribution is 7.98. The number of hydrogen-bond acceptors (Lipinski definition) is 2. The van der Waals surface area contributed by atoms with Crippen molar-refractivity contribution in [3.63, 3.8) is 0 Å². The van der Waals surface area contributed by atoms with Gasteiger partial charge in [-0.25, -0.2) is 4.31 Å². The molecule has 3 nitrogen and oxygen atoms in total. The van der Waals surface area contributed by atoms with Gasteiger partial charge in [0.05, 0.1) is 5.69 Å². The maximum atomic E-state index is 12.3. The van der Waals surface area contributed by atoms with Crippen LogP contribution in [0.25, 0.3) is 0 Å². The molecule has 1 aliphatic heterocycles. The van der Waals surface area contributed by atoms with Gasteiger partial charge in [0.1, 0.15) is 0 Å². The molecule has 0 fully saturated rings. The number of halogens is 1. The van der Waals surface area contributed by atoms with Gasteiger partial charge >= 0.3 is 0 Å². The van der Waals surface area contributed by atoms with Crippen LogP contribution in [0.15, 0.2) is 46.0 Å². The molecule has 96 valence electrons. The van der Waals surface area contributed by atoms with Crippen molar-refractivity contribution in [2.24, 2.45) is 0 Å². The molecule has 0 spiro atoms. The van der Waals surface area contributed by atoms with E-state index in [1.807, 2.05) is 19.1 Å². The highest BCUT2D eigenvalue weighted by Crippen LogP contribution is 2.34. The second-order valence-corrected chi connectivity index (χ2v) is 6.67. The number of hydrogen-bond donors (Lipinski definition) is 0. The summed E-state index contributed by atoms with van der Waals surface area (Å²) < 4.78 is 25.8. The summed E-state index contributed by atoms with van der Waals surface area (Å²) in [5.41, 5.74) is 2.88. The first kappa shape index (κ1) is 13.2.